The van der Waals surface area contributed by atoms with Gasteiger partial charge in [-0.15, -0.1) is 0 Å². The van der Waals surface area contributed by atoms with Crippen molar-refractivity contribution >= 4 is 17.4 Å². The number of rotatable bonds is 3. The van der Waals surface area contributed by atoms with Crippen molar-refractivity contribution in [3.05, 3.63) is 29.8 Å². The number of carbonyl (C=O) groups is 2. The van der Waals surface area contributed by atoms with Crippen molar-refractivity contribution in [2.24, 2.45) is 0 Å². The second-order valence-corrected chi connectivity index (χ2v) is 5.57. The van der Waals surface area contributed by atoms with Gasteiger partial charge in [0.25, 0.3) is 0 Å². The van der Waals surface area contributed by atoms with E-state index in [4.69, 9.17) is 4.74 Å². The van der Waals surface area contributed by atoms with Crippen LogP contribution >= 0.6 is 0 Å². The minimum absolute atomic E-state index is 0.0497. The molecule has 1 aromatic carbocycles. The third-order valence-electron chi connectivity index (χ3n) is 4.06. The number of hydrogen-bond donors (Lipinski definition) is 0. The van der Waals surface area contributed by atoms with Crippen molar-refractivity contribution in [3.8, 4) is 0 Å². The van der Waals surface area contributed by atoms with Gasteiger partial charge in [0.1, 0.15) is 6.10 Å². The summed E-state index contributed by atoms with van der Waals surface area (Å²) in [5.41, 5.74) is 1.55. The van der Waals surface area contributed by atoms with Gasteiger partial charge in [0, 0.05) is 24.2 Å². The van der Waals surface area contributed by atoms with E-state index in [-0.39, 0.29) is 23.9 Å². The Balaban J connectivity index is 1.72. The molecule has 2 aliphatic heterocycles. The molecule has 2 unspecified atom stereocenters. The molecule has 4 nitrogen and oxygen atoms in total. The molecule has 0 saturated carbocycles. The van der Waals surface area contributed by atoms with Gasteiger partial charge in [0.2, 0.25) is 5.91 Å². The number of amides is 1. The molecule has 4 heteroatoms. The average molecular weight is 273 g/mol. The highest BCUT2D eigenvalue weighted by Crippen LogP contribution is 2.25. The van der Waals surface area contributed by atoms with E-state index in [1.54, 1.807) is 17.0 Å². The Hall–Kier alpha value is -1.68. The number of hydrogen-bond acceptors (Lipinski definition) is 3. The average Bonchev–Trinajstić information content (AvgIpc) is 3.07. The molecule has 106 valence electrons. The molecule has 0 N–H and O–H groups in total. The molecular formula is C16H19NO3. The van der Waals surface area contributed by atoms with Crippen molar-refractivity contribution in [1.29, 1.82) is 0 Å². The predicted octanol–water partition coefficient (Wildman–Crippen LogP) is 2.56. The Morgan fingerprint density at radius 1 is 1.25 bits per heavy atom. The van der Waals surface area contributed by atoms with Gasteiger partial charge in [0.15, 0.2) is 5.78 Å². The molecule has 0 aromatic heterocycles. The molecule has 2 atom stereocenters. The SMILES string of the molecule is CC1CCC(C(=O)c2ccc(N3CCCC3=O)cc2)O1. The Labute approximate surface area is 118 Å². The van der Waals surface area contributed by atoms with Crippen LogP contribution in [0.1, 0.15) is 43.0 Å². The highest BCUT2D eigenvalue weighted by molar-refractivity contribution is 6.00. The monoisotopic (exact) mass is 273 g/mol. The molecule has 0 spiro atoms. The zero-order valence-electron chi connectivity index (χ0n) is 11.7. The molecule has 0 radical (unpaired) electrons. The van der Waals surface area contributed by atoms with Crippen molar-refractivity contribution in [2.45, 2.75) is 44.8 Å². The first-order valence-electron chi connectivity index (χ1n) is 7.25. The molecular weight excluding hydrogens is 254 g/mol. The molecule has 0 aliphatic carbocycles. The van der Waals surface area contributed by atoms with E-state index < -0.39 is 0 Å². The summed E-state index contributed by atoms with van der Waals surface area (Å²) >= 11 is 0. The first kappa shape index (κ1) is 13.3. The van der Waals surface area contributed by atoms with E-state index in [9.17, 15) is 9.59 Å². The molecule has 1 amide bonds. The maximum atomic E-state index is 12.3. The molecule has 1 aromatic rings. The van der Waals surface area contributed by atoms with E-state index in [0.717, 1.165) is 31.5 Å². The number of anilines is 1. The smallest absolute Gasteiger partial charge is 0.227 e. The van der Waals surface area contributed by atoms with Gasteiger partial charge >= 0.3 is 0 Å². The Kier molecular flexibility index (Phi) is 3.57. The standard InChI is InChI=1S/C16H19NO3/c1-11-4-9-14(20-11)16(19)12-5-7-13(8-6-12)17-10-2-3-15(17)18/h5-8,11,14H,2-4,9-10H2,1H3. The van der Waals surface area contributed by atoms with Gasteiger partial charge in [-0.3, -0.25) is 9.59 Å². The van der Waals surface area contributed by atoms with E-state index in [0.29, 0.717) is 12.0 Å². The molecule has 20 heavy (non-hydrogen) atoms. The summed E-state index contributed by atoms with van der Waals surface area (Å²) in [5, 5.41) is 0. The second-order valence-electron chi connectivity index (χ2n) is 5.57. The fourth-order valence-electron chi connectivity index (χ4n) is 2.91. The first-order chi connectivity index (χ1) is 9.65. The fraction of sp³-hybridized carbons (Fsp3) is 0.500. The fourth-order valence-corrected chi connectivity index (χ4v) is 2.91. The zero-order chi connectivity index (χ0) is 14.1. The Bertz CT molecular complexity index is 523. The van der Waals surface area contributed by atoms with Crippen LogP contribution in [0.2, 0.25) is 0 Å². The highest BCUT2D eigenvalue weighted by Gasteiger charge is 2.29. The van der Waals surface area contributed by atoms with Gasteiger partial charge in [-0.2, -0.15) is 0 Å². The second kappa shape index (κ2) is 5.37. The van der Waals surface area contributed by atoms with Crippen LogP contribution in [-0.4, -0.2) is 30.4 Å². The molecule has 0 bridgehead atoms. The van der Waals surface area contributed by atoms with Gasteiger partial charge < -0.3 is 9.64 Å². The van der Waals surface area contributed by atoms with Crippen molar-refractivity contribution in [1.82, 2.24) is 0 Å². The largest absolute Gasteiger partial charge is 0.367 e. The van der Waals surface area contributed by atoms with Crippen molar-refractivity contribution < 1.29 is 14.3 Å². The quantitative estimate of drug-likeness (QED) is 0.795. The van der Waals surface area contributed by atoms with Gasteiger partial charge in [0.05, 0.1) is 6.10 Å². The normalized spacial score (nSPS) is 26.2. The van der Waals surface area contributed by atoms with Crippen LogP contribution in [0.3, 0.4) is 0 Å². The molecule has 2 heterocycles. The number of ether oxygens (including phenoxy) is 1. The van der Waals surface area contributed by atoms with Crippen LogP contribution in [0.5, 0.6) is 0 Å². The number of nitrogens with zero attached hydrogens (tertiary/aromatic N) is 1. The number of carbonyl (C=O) groups excluding carboxylic acids is 2. The van der Waals surface area contributed by atoms with Gasteiger partial charge in [-0.25, -0.2) is 0 Å². The summed E-state index contributed by atoms with van der Waals surface area (Å²) in [4.78, 5) is 25.7. The maximum Gasteiger partial charge on any atom is 0.227 e. The van der Waals surface area contributed by atoms with Crippen LogP contribution in [-0.2, 0) is 9.53 Å². The zero-order valence-corrected chi connectivity index (χ0v) is 11.7. The van der Waals surface area contributed by atoms with E-state index in [1.165, 1.54) is 0 Å². The third kappa shape index (κ3) is 2.48. The lowest BCUT2D eigenvalue weighted by Crippen LogP contribution is -2.24. The summed E-state index contributed by atoms with van der Waals surface area (Å²) in [6.07, 6.45) is 3.14. The predicted molar refractivity (Wildman–Crippen MR) is 75.9 cm³/mol. The molecule has 2 aliphatic rings. The van der Waals surface area contributed by atoms with Crippen LogP contribution in [0.4, 0.5) is 5.69 Å². The van der Waals surface area contributed by atoms with E-state index in [1.807, 2.05) is 19.1 Å². The summed E-state index contributed by atoms with van der Waals surface area (Å²) in [6.45, 7) is 2.77. The minimum Gasteiger partial charge on any atom is -0.367 e. The third-order valence-corrected chi connectivity index (χ3v) is 4.06. The molecule has 2 saturated heterocycles. The lowest BCUT2D eigenvalue weighted by Gasteiger charge is -2.16. The van der Waals surface area contributed by atoms with Gasteiger partial charge in [-0.1, -0.05) is 0 Å². The van der Waals surface area contributed by atoms with Crippen molar-refractivity contribution in [3.63, 3.8) is 0 Å². The van der Waals surface area contributed by atoms with E-state index in [2.05, 4.69) is 0 Å². The minimum atomic E-state index is -0.302. The van der Waals surface area contributed by atoms with Crippen LogP contribution < -0.4 is 4.90 Å². The maximum absolute atomic E-state index is 12.3. The van der Waals surface area contributed by atoms with Gasteiger partial charge in [-0.05, 0) is 50.5 Å². The van der Waals surface area contributed by atoms with Crippen LogP contribution in [0.15, 0.2) is 24.3 Å². The van der Waals surface area contributed by atoms with Crippen LogP contribution in [0.25, 0.3) is 0 Å². The highest BCUT2D eigenvalue weighted by atomic mass is 16.5. The topological polar surface area (TPSA) is 46.6 Å². The first-order valence-corrected chi connectivity index (χ1v) is 7.25. The van der Waals surface area contributed by atoms with Crippen molar-refractivity contribution in [2.75, 3.05) is 11.4 Å². The number of ketones is 1. The number of benzene rings is 1. The summed E-state index contributed by atoms with van der Waals surface area (Å²) in [5.74, 6) is 0.214. The van der Waals surface area contributed by atoms with E-state index >= 15 is 0 Å². The molecule has 3 rings (SSSR count). The molecule has 2 fully saturated rings. The summed E-state index contributed by atoms with van der Waals surface area (Å²) in [7, 11) is 0. The summed E-state index contributed by atoms with van der Waals surface area (Å²) in [6, 6.07) is 7.31. The van der Waals surface area contributed by atoms with Crippen LogP contribution in [0, 0.1) is 0 Å². The Morgan fingerprint density at radius 2 is 2.00 bits per heavy atom. The lowest BCUT2D eigenvalue weighted by molar-refractivity contribution is -0.117. The Morgan fingerprint density at radius 3 is 2.55 bits per heavy atom. The number of Topliss-reactive ketones (excluding diaryl/α,β-unsaturated/α-hetero) is 1. The lowest BCUT2D eigenvalue weighted by atomic mass is 10.0. The summed E-state index contributed by atoms with van der Waals surface area (Å²) < 4.78 is 5.61.